The van der Waals surface area contributed by atoms with E-state index in [-0.39, 0.29) is 12.2 Å². The molecule has 0 saturated carbocycles. The molecular formula is C26H28O2. The highest BCUT2D eigenvalue weighted by Crippen LogP contribution is 2.36. The maximum Gasteiger partial charge on any atom is 0.108 e. The molecule has 1 aliphatic heterocycles. The van der Waals surface area contributed by atoms with E-state index in [1.807, 2.05) is 0 Å². The predicted molar refractivity (Wildman–Crippen MR) is 116 cm³/mol. The summed E-state index contributed by atoms with van der Waals surface area (Å²) in [7, 11) is 0. The van der Waals surface area contributed by atoms with Crippen LogP contribution < -0.4 is 0 Å². The molecule has 0 aromatic heterocycles. The molecule has 0 spiro atoms. The van der Waals surface area contributed by atoms with Crippen LogP contribution in [0.2, 0.25) is 0 Å². The van der Waals surface area contributed by atoms with Crippen molar-refractivity contribution < 1.29 is 9.47 Å². The minimum Gasteiger partial charge on any atom is -0.364 e. The minimum atomic E-state index is -0.280. The fraction of sp³-hybridized carbons (Fsp3) is 0.231. The molecule has 1 saturated heterocycles. The highest BCUT2D eigenvalue weighted by atomic mass is 16.5. The van der Waals surface area contributed by atoms with Gasteiger partial charge in [-0.25, -0.2) is 0 Å². The summed E-state index contributed by atoms with van der Waals surface area (Å²) in [6, 6.07) is 16.6. The van der Waals surface area contributed by atoms with Crippen LogP contribution in [0, 0.1) is 13.8 Å². The number of rotatable bonds is 2. The maximum absolute atomic E-state index is 6.24. The molecule has 2 atom stereocenters. The second-order valence-corrected chi connectivity index (χ2v) is 7.46. The van der Waals surface area contributed by atoms with Gasteiger partial charge in [0, 0.05) is 0 Å². The molecule has 0 radical (unpaired) electrons. The largest absolute Gasteiger partial charge is 0.364 e. The molecule has 1 aliphatic rings. The monoisotopic (exact) mass is 372 g/mol. The summed E-state index contributed by atoms with van der Waals surface area (Å²) in [5, 5.41) is 0. The highest BCUT2D eigenvalue weighted by molar-refractivity contribution is 5.41. The minimum absolute atomic E-state index is 0.280. The lowest BCUT2D eigenvalue weighted by atomic mass is 9.94. The average Bonchev–Trinajstić information content (AvgIpc) is 2.69. The Hall–Kier alpha value is -2.68. The lowest BCUT2D eigenvalue weighted by Crippen LogP contribution is -2.19. The fourth-order valence-corrected chi connectivity index (χ4v) is 3.20. The van der Waals surface area contributed by atoms with E-state index in [2.05, 4.69) is 88.7 Å². The van der Waals surface area contributed by atoms with E-state index in [0.29, 0.717) is 13.2 Å². The van der Waals surface area contributed by atoms with Crippen molar-refractivity contribution in [3.8, 4) is 0 Å². The molecule has 144 valence electrons. The molecular weight excluding hydrogens is 344 g/mol. The lowest BCUT2D eigenvalue weighted by molar-refractivity contribution is 0.0696. The Morgan fingerprint density at radius 2 is 0.929 bits per heavy atom. The topological polar surface area (TPSA) is 18.5 Å². The fourth-order valence-electron chi connectivity index (χ4n) is 3.20. The van der Waals surface area contributed by atoms with Gasteiger partial charge in [0.05, 0.1) is 13.2 Å². The van der Waals surface area contributed by atoms with Gasteiger partial charge in [0.1, 0.15) is 12.2 Å². The molecule has 1 heterocycles. The van der Waals surface area contributed by atoms with Crippen molar-refractivity contribution in [3.05, 3.63) is 119 Å². The van der Waals surface area contributed by atoms with Crippen LogP contribution in [-0.4, -0.2) is 13.2 Å². The maximum atomic E-state index is 6.24. The molecule has 0 unspecified atom stereocenters. The van der Waals surface area contributed by atoms with E-state index in [0.717, 1.165) is 33.4 Å². The van der Waals surface area contributed by atoms with Crippen LogP contribution in [0.4, 0.5) is 0 Å². The normalized spacial score (nSPS) is 21.6. The second-order valence-electron chi connectivity index (χ2n) is 7.46. The number of aryl methyl sites for hydroxylation is 2. The standard InChI is InChI=1S/C26H28O2/c1-17-7-11-23(12-8-17)25-21(5)19(3)16-28-26(22(6)20(4)15-27-25)24-13-9-18(2)10-14-24/h7-14,25-26H,3-6,15-16H2,1-2H3/t25-,26+. The van der Waals surface area contributed by atoms with Gasteiger partial charge in [-0.05, 0) is 47.3 Å². The number of hydrogen-bond acceptors (Lipinski definition) is 2. The SMILES string of the molecule is C=C1CO[C@H](c2ccc(C)cc2)C(=C)C(=C)CO[C@@H](c2ccc(C)cc2)C1=C. The molecule has 2 heteroatoms. The van der Waals surface area contributed by atoms with Crippen molar-refractivity contribution in [2.24, 2.45) is 0 Å². The van der Waals surface area contributed by atoms with Crippen molar-refractivity contribution in [1.29, 1.82) is 0 Å². The zero-order valence-electron chi connectivity index (χ0n) is 16.8. The summed E-state index contributed by atoms with van der Waals surface area (Å²) in [6.45, 7) is 21.7. The van der Waals surface area contributed by atoms with E-state index in [1.165, 1.54) is 11.1 Å². The Labute approximate surface area is 168 Å². The first kappa shape index (κ1) is 20.1. The molecule has 2 nitrogen and oxygen atoms in total. The zero-order chi connectivity index (χ0) is 20.3. The molecule has 0 aliphatic carbocycles. The van der Waals surface area contributed by atoms with Crippen molar-refractivity contribution in [3.63, 3.8) is 0 Å². The Morgan fingerprint density at radius 3 is 1.25 bits per heavy atom. The Balaban J connectivity index is 1.87. The zero-order valence-corrected chi connectivity index (χ0v) is 16.8. The number of benzene rings is 2. The van der Waals surface area contributed by atoms with E-state index in [4.69, 9.17) is 9.47 Å². The third-order valence-corrected chi connectivity index (χ3v) is 5.15. The Morgan fingerprint density at radius 1 is 0.607 bits per heavy atom. The van der Waals surface area contributed by atoms with Gasteiger partial charge in [0.2, 0.25) is 0 Å². The van der Waals surface area contributed by atoms with Gasteiger partial charge in [-0.2, -0.15) is 0 Å². The number of hydrogen-bond donors (Lipinski definition) is 0. The quantitative estimate of drug-likeness (QED) is 0.611. The molecule has 0 N–H and O–H groups in total. The smallest absolute Gasteiger partial charge is 0.108 e. The van der Waals surface area contributed by atoms with E-state index >= 15 is 0 Å². The molecule has 3 rings (SSSR count). The van der Waals surface area contributed by atoms with Crippen LogP contribution >= 0.6 is 0 Å². The highest BCUT2D eigenvalue weighted by Gasteiger charge is 2.25. The average molecular weight is 373 g/mol. The van der Waals surface area contributed by atoms with Crippen molar-refractivity contribution in [1.82, 2.24) is 0 Å². The summed E-state index contributed by atoms with van der Waals surface area (Å²) < 4.78 is 12.5. The summed E-state index contributed by atoms with van der Waals surface area (Å²) in [6.07, 6.45) is -0.561. The van der Waals surface area contributed by atoms with Crippen LogP contribution in [-0.2, 0) is 9.47 Å². The molecule has 0 amide bonds. The summed E-state index contributed by atoms with van der Waals surface area (Å²) >= 11 is 0. The van der Waals surface area contributed by atoms with Gasteiger partial charge in [-0.3, -0.25) is 0 Å². The second kappa shape index (κ2) is 8.55. The third kappa shape index (κ3) is 4.41. The van der Waals surface area contributed by atoms with Gasteiger partial charge in [0.25, 0.3) is 0 Å². The Bertz CT molecular complexity index is 823. The van der Waals surface area contributed by atoms with Crippen LogP contribution in [0.15, 0.2) is 97.1 Å². The number of ether oxygens (including phenoxy) is 2. The van der Waals surface area contributed by atoms with Crippen LogP contribution in [0.25, 0.3) is 0 Å². The first-order valence-corrected chi connectivity index (χ1v) is 9.47. The van der Waals surface area contributed by atoms with Crippen molar-refractivity contribution in [2.75, 3.05) is 13.2 Å². The molecule has 2 aromatic rings. The van der Waals surface area contributed by atoms with E-state index in [9.17, 15) is 0 Å². The molecule has 0 bridgehead atoms. The van der Waals surface area contributed by atoms with Crippen molar-refractivity contribution >= 4 is 0 Å². The first-order valence-electron chi connectivity index (χ1n) is 9.47. The molecule has 28 heavy (non-hydrogen) atoms. The lowest BCUT2D eigenvalue weighted by Gasteiger charge is -2.29. The van der Waals surface area contributed by atoms with E-state index < -0.39 is 0 Å². The van der Waals surface area contributed by atoms with E-state index in [1.54, 1.807) is 0 Å². The first-order chi connectivity index (χ1) is 13.4. The van der Waals surface area contributed by atoms with Crippen molar-refractivity contribution in [2.45, 2.75) is 26.1 Å². The molecule has 2 aromatic carbocycles. The molecule has 1 fully saturated rings. The van der Waals surface area contributed by atoms with Crippen LogP contribution in [0.3, 0.4) is 0 Å². The summed E-state index contributed by atoms with van der Waals surface area (Å²) in [4.78, 5) is 0. The summed E-state index contributed by atoms with van der Waals surface area (Å²) in [5.41, 5.74) is 7.80. The van der Waals surface area contributed by atoms with Gasteiger partial charge in [-0.1, -0.05) is 86.0 Å². The van der Waals surface area contributed by atoms with Gasteiger partial charge in [-0.15, -0.1) is 0 Å². The van der Waals surface area contributed by atoms with Gasteiger partial charge >= 0.3 is 0 Å². The third-order valence-electron chi connectivity index (χ3n) is 5.15. The van der Waals surface area contributed by atoms with Crippen LogP contribution in [0.1, 0.15) is 34.5 Å². The van der Waals surface area contributed by atoms with Gasteiger partial charge < -0.3 is 9.47 Å². The Kier molecular flexibility index (Phi) is 6.13. The van der Waals surface area contributed by atoms with Gasteiger partial charge in [0.15, 0.2) is 0 Å². The van der Waals surface area contributed by atoms with Crippen LogP contribution in [0.5, 0.6) is 0 Å². The predicted octanol–water partition coefficient (Wildman–Crippen LogP) is 6.36. The summed E-state index contributed by atoms with van der Waals surface area (Å²) in [5.74, 6) is 0.